The van der Waals surface area contributed by atoms with Gasteiger partial charge in [-0.05, 0) is 45.3 Å². The van der Waals surface area contributed by atoms with Crippen molar-refractivity contribution in [3.63, 3.8) is 0 Å². The molecule has 1 N–H and O–H groups in total. The first-order chi connectivity index (χ1) is 8.69. The lowest BCUT2D eigenvalue weighted by Crippen LogP contribution is -1.96. The lowest BCUT2D eigenvalue weighted by Gasteiger charge is -2.08. The van der Waals surface area contributed by atoms with Crippen molar-refractivity contribution in [1.29, 1.82) is 0 Å². The van der Waals surface area contributed by atoms with E-state index in [-0.39, 0.29) is 6.61 Å². The molecular weight excluding hydrogens is 316 g/mol. The Kier molecular flexibility index (Phi) is 4.64. The smallest absolute Gasteiger partial charge is 0.134 e. The summed E-state index contributed by atoms with van der Waals surface area (Å²) in [6.07, 6.45) is 0. The van der Waals surface area contributed by atoms with Gasteiger partial charge in [-0.3, -0.25) is 0 Å². The van der Waals surface area contributed by atoms with Crippen LogP contribution in [0, 0.1) is 0 Å². The first-order valence-corrected chi connectivity index (χ1v) is 6.62. The summed E-state index contributed by atoms with van der Waals surface area (Å²) in [5, 5.41) is 9.62. The number of benzene rings is 2. The minimum Gasteiger partial charge on any atom is -0.488 e. The average molecular weight is 328 g/mol. The summed E-state index contributed by atoms with van der Waals surface area (Å²) in [5.41, 5.74) is 1.94. The van der Waals surface area contributed by atoms with E-state index in [9.17, 15) is 0 Å². The van der Waals surface area contributed by atoms with Gasteiger partial charge in [-0.15, -0.1) is 0 Å². The number of ether oxygens (including phenoxy) is 1. The third kappa shape index (κ3) is 3.48. The average Bonchev–Trinajstić information content (AvgIpc) is 2.38. The highest BCUT2D eigenvalue weighted by Crippen LogP contribution is 2.28. The number of rotatable bonds is 4. The molecule has 0 heterocycles. The summed E-state index contributed by atoms with van der Waals surface area (Å²) in [6, 6.07) is 13.1. The Bertz CT molecular complexity index is 526. The van der Waals surface area contributed by atoms with Gasteiger partial charge >= 0.3 is 0 Å². The molecule has 94 valence electrons. The quantitative estimate of drug-likeness (QED) is 0.913. The molecule has 0 fully saturated rings. The molecule has 0 saturated heterocycles. The van der Waals surface area contributed by atoms with Crippen molar-refractivity contribution in [1.82, 2.24) is 0 Å². The molecule has 2 aromatic carbocycles. The van der Waals surface area contributed by atoms with Crippen molar-refractivity contribution in [3.8, 4) is 5.75 Å². The Labute approximate surface area is 119 Å². The first-order valence-electron chi connectivity index (χ1n) is 5.45. The normalized spacial score (nSPS) is 10.4. The van der Waals surface area contributed by atoms with Crippen LogP contribution in [-0.2, 0) is 13.2 Å². The fourth-order valence-corrected chi connectivity index (χ4v) is 2.29. The van der Waals surface area contributed by atoms with E-state index >= 15 is 0 Å². The van der Waals surface area contributed by atoms with E-state index in [2.05, 4.69) is 15.9 Å². The maximum atomic E-state index is 8.95. The van der Waals surface area contributed by atoms with Gasteiger partial charge in [0.15, 0.2) is 0 Å². The van der Waals surface area contributed by atoms with Gasteiger partial charge in [0.25, 0.3) is 0 Å². The summed E-state index contributed by atoms with van der Waals surface area (Å²) in [7, 11) is 0. The fourth-order valence-electron chi connectivity index (χ4n) is 1.49. The minimum absolute atomic E-state index is 0.0594. The molecule has 0 aliphatic rings. The molecule has 0 aliphatic carbocycles. The summed E-state index contributed by atoms with van der Waals surface area (Å²) >= 11 is 9.26. The molecule has 0 amide bonds. The van der Waals surface area contributed by atoms with Crippen LogP contribution < -0.4 is 4.74 Å². The Morgan fingerprint density at radius 1 is 1.06 bits per heavy atom. The number of hydrogen-bond acceptors (Lipinski definition) is 2. The Hall–Kier alpha value is -1.03. The van der Waals surface area contributed by atoms with Gasteiger partial charge < -0.3 is 9.84 Å². The lowest BCUT2D eigenvalue weighted by molar-refractivity contribution is 0.281. The number of aliphatic hydroxyl groups excluding tert-OH is 1. The van der Waals surface area contributed by atoms with Crippen molar-refractivity contribution in [2.24, 2.45) is 0 Å². The maximum Gasteiger partial charge on any atom is 0.134 e. The van der Waals surface area contributed by atoms with Gasteiger partial charge in [0.1, 0.15) is 12.4 Å². The van der Waals surface area contributed by atoms with E-state index in [0.29, 0.717) is 11.6 Å². The molecule has 2 aromatic rings. The van der Waals surface area contributed by atoms with Gasteiger partial charge in [0, 0.05) is 5.02 Å². The van der Waals surface area contributed by atoms with Gasteiger partial charge in [0.05, 0.1) is 11.1 Å². The van der Waals surface area contributed by atoms with E-state index in [1.807, 2.05) is 30.3 Å². The molecule has 0 unspecified atom stereocenters. The topological polar surface area (TPSA) is 29.5 Å². The van der Waals surface area contributed by atoms with Crippen LogP contribution in [-0.4, -0.2) is 5.11 Å². The molecule has 2 rings (SSSR count). The van der Waals surface area contributed by atoms with Gasteiger partial charge in [-0.1, -0.05) is 35.9 Å². The lowest BCUT2D eigenvalue weighted by atomic mass is 10.1. The van der Waals surface area contributed by atoms with Crippen LogP contribution in [0.2, 0.25) is 5.02 Å². The fraction of sp³-hybridized carbons (Fsp3) is 0.143. The zero-order chi connectivity index (χ0) is 13.0. The number of aliphatic hydroxyl groups is 1. The van der Waals surface area contributed by atoms with Crippen LogP contribution in [0.3, 0.4) is 0 Å². The van der Waals surface area contributed by atoms with E-state index in [1.165, 1.54) is 0 Å². The molecule has 0 radical (unpaired) electrons. The third-order valence-corrected chi connectivity index (χ3v) is 3.35. The highest BCUT2D eigenvalue weighted by Gasteiger charge is 2.02. The number of halogens is 2. The van der Waals surface area contributed by atoms with Crippen molar-refractivity contribution < 1.29 is 9.84 Å². The zero-order valence-electron chi connectivity index (χ0n) is 9.57. The Morgan fingerprint density at radius 3 is 2.33 bits per heavy atom. The van der Waals surface area contributed by atoms with Crippen LogP contribution in [0.15, 0.2) is 46.9 Å². The maximum absolute atomic E-state index is 8.95. The largest absolute Gasteiger partial charge is 0.488 e. The summed E-state index contributed by atoms with van der Waals surface area (Å²) in [5.74, 6) is 0.755. The predicted octanol–water partition coefficient (Wildman–Crippen LogP) is 4.17. The highest BCUT2D eigenvalue weighted by atomic mass is 79.9. The van der Waals surface area contributed by atoms with Crippen molar-refractivity contribution in [2.45, 2.75) is 13.2 Å². The molecule has 0 spiro atoms. The van der Waals surface area contributed by atoms with Crippen molar-refractivity contribution in [3.05, 3.63) is 63.1 Å². The van der Waals surface area contributed by atoms with E-state index in [0.717, 1.165) is 21.3 Å². The van der Waals surface area contributed by atoms with Gasteiger partial charge in [0.2, 0.25) is 0 Å². The van der Waals surface area contributed by atoms with Crippen LogP contribution in [0.25, 0.3) is 0 Å². The monoisotopic (exact) mass is 326 g/mol. The van der Waals surface area contributed by atoms with Crippen LogP contribution in [0.4, 0.5) is 0 Å². The molecule has 0 saturated carbocycles. The Morgan fingerprint density at radius 2 is 1.72 bits per heavy atom. The van der Waals surface area contributed by atoms with Crippen molar-refractivity contribution >= 4 is 27.5 Å². The standard InChI is InChI=1S/C14H12BrClO2/c15-13-7-12(16)5-6-14(13)18-9-11-3-1-10(8-17)2-4-11/h1-7,17H,8-9H2. The molecule has 2 nitrogen and oxygen atoms in total. The highest BCUT2D eigenvalue weighted by molar-refractivity contribution is 9.10. The molecular formula is C14H12BrClO2. The summed E-state index contributed by atoms with van der Waals surface area (Å²) < 4.78 is 6.52. The number of hydrogen-bond donors (Lipinski definition) is 1. The molecule has 0 aliphatic heterocycles. The summed E-state index contributed by atoms with van der Waals surface area (Å²) in [4.78, 5) is 0. The zero-order valence-corrected chi connectivity index (χ0v) is 11.9. The molecule has 0 aromatic heterocycles. The van der Waals surface area contributed by atoms with Crippen LogP contribution in [0.1, 0.15) is 11.1 Å². The first kappa shape index (κ1) is 13.4. The second-order valence-corrected chi connectivity index (χ2v) is 5.13. The summed E-state index contributed by atoms with van der Waals surface area (Å²) in [6.45, 7) is 0.538. The van der Waals surface area contributed by atoms with Crippen LogP contribution in [0.5, 0.6) is 5.75 Å². The second kappa shape index (κ2) is 6.23. The van der Waals surface area contributed by atoms with Crippen molar-refractivity contribution in [2.75, 3.05) is 0 Å². The molecule has 0 bridgehead atoms. The van der Waals surface area contributed by atoms with E-state index < -0.39 is 0 Å². The SMILES string of the molecule is OCc1ccc(COc2ccc(Cl)cc2Br)cc1. The van der Waals surface area contributed by atoms with Gasteiger partial charge in [-0.25, -0.2) is 0 Å². The Balaban J connectivity index is 2.02. The molecule has 18 heavy (non-hydrogen) atoms. The van der Waals surface area contributed by atoms with E-state index in [4.69, 9.17) is 21.4 Å². The minimum atomic E-state index is 0.0594. The molecule has 0 atom stereocenters. The van der Waals surface area contributed by atoms with Gasteiger partial charge in [-0.2, -0.15) is 0 Å². The molecule has 4 heteroatoms. The van der Waals surface area contributed by atoms with E-state index in [1.54, 1.807) is 12.1 Å². The second-order valence-electron chi connectivity index (χ2n) is 3.84. The van der Waals surface area contributed by atoms with Crippen LogP contribution >= 0.6 is 27.5 Å². The predicted molar refractivity (Wildman–Crippen MR) is 75.8 cm³/mol. The third-order valence-electron chi connectivity index (χ3n) is 2.49.